The molecule has 0 radical (unpaired) electrons. The standard InChI is InChI=1S/C13H20N2OS/c1-3-14-11-5-4-7-15(13(11)16)9-12-10(2)6-8-17-12/h6,8,11,14H,3-5,7,9H2,1-2H3. The molecule has 4 heteroatoms. The molecule has 1 N–H and O–H groups in total. The van der Waals surface area contributed by atoms with Crippen molar-refractivity contribution in [1.29, 1.82) is 0 Å². The van der Waals surface area contributed by atoms with Crippen molar-refractivity contribution in [3.05, 3.63) is 21.9 Å². The van der Waals surface area contributed by atoms with E-state index in [0.717, 1.165) is 32.5 Å². The molecule has 2 heterocycles. The van der Waals surface area contributed by atoms with Crippen LogP contribution in [0.25, 0.3) is 0 Å². The number of aryl methyl sites for hydroxylation is 1. The van der Waals surface area contributed by atoms with Crippen LogP contribution in [0, 0.1) is 6.92 Å². The van der Waals surface area contributed by atoms with Gasteiger partial charge in [0.15, 0.2) is 0 Å². The van der Waals surface area contributed by atoms with Gasteiger partial charge in [0.25, 0.3) is 0 Å². The van der Waals surface area contributed by atoms with Gasteiger partial charge in [-0.25, -0.2) is 0 Å². The van der Waals surface area contributed by atoms with Crippen LogP contribution in [-0.4, -0.2) is 29.9 Å². The normalized spacial score (nSPS) is 20.9. The first-order valence-electron chi connectivity index (χ1n) is 6.27. The van der Waals surface area contributed by atoms with Gasteiger partial charge in [0.1, 0.15) is 0 Å². The highest BCUT2D eigenvalue weighted by molar-refractivity contribution is 7.10. The number of nitrogens with zero attached hydrogens (tertiary/aromatic N) is 1. The van der Waals surface area contributed by atoms with Gasteiger partial charge in [0.05, 0.1) is 12.6 Å². The second-order valence-electron chi connectivity index (χ2n) is 4.54. The van der Waals surface area contributed by atoms with Gasteiger partial charge in [0.2, 0.25) is 5.91 Å². The molecule has 0 spiro atoms. The number of carbonyl (C=O) groups excluding carboxylic acids is 1. The average molecular weight is 252 g/mol. The second-order valence-corrected chi connectivity index (χ2v) is 5.54. The predicted molar refractivity (Wildman–Crippen MR) is 71.2 cm³/mol. The lowest BCUT2D eigenvalue weighted by Gasteiger charge is -2.32. The Morgan fingerprint density at radius 2 is 2.41 bits per heavy atom. The summed E-state index contributed by atoms with van der Waals surface area (Å²) in [7, 11) is 0. The van der Waals surface area contributed by atoms with Gasteiger partial charge in [-0.2, -0.15) is 0 Å². The predicted octanol–water partition coefficient (Wildman–Crippen LogP) is 2.16. The third-order valence-corrected chi connectivity index (χ3v) is 4.29. The summed E-state index contributed by atoms with van der Waals surface area (Å²) in [4.78, 5) is 15.5. The average Bonchev–Trinajstić information content (AvgIpc) is 2.70. The van der Waals surface area contributed by atoms with Crippen LogP contribution < -0.4 is 5.32 Å². The molecule has 1 aliphatic rings. The van der Waals surface area contributed by atoms with E-state index in [4.69, 9.17) is 0 Å². The number of piperidine rings is 1. The zero-order valence-electron chi connectivity index (χ0n) is 10.5. The molecule has 0 saturated carbocycles. The highest BCUT2D eigenvalue weighted by atomic mass is 32.1. The zero-order chi connectivity index (χ0) is 12.3. The van der Waals surface area contributed by atoms with Crippen LogP contribution in [0.2, 0.25) is 0 Å². The van der Waals surface area contributed by atoms with Crippen molar-refractivity contribution in [2.45, 2.75) is 39.3 Å². The van der Waals surface area contributed by atoms with Crippen molar-refractivity contribution >= 4 is 17.2 Å². The first kappa shape index (κ1) is 12.6. The minimum atomic E-state index is 0.0361. The van der Waals surface area contributed by atoms with Crippen LogP contribution >= 0.6 is 11.3 Å². The number of thiophene rings is 1. The largest absolute Gasteiger partial charge is 0.336 e. The van der Waals surface area contributed by atoms with E-state index < -0.39 is 0 Å². The lowest BCUT2D eigenvalue weighted by Crippen LogP contribution is -2.50. The molecule has 1 amide bonds. The van der Waals surface area contributed by atoms with Gasteiger partial charge in [0, 0.05) is 11.4 Å². The van der Waals surface area contributed by atoms with E-state index in [0.29, 0.717) is 0 Å². The van der Waals surface area contributed by atoms with Crippen molar-refractivity contribution in [3.63, 3.8) is 0 Å². The quantitative estimate of drug-likeness (QED) is 0.890. The molecule has 0 bridgehead atoms. The van der Waals surface area contributed by atoms with Gasteiger partial charge in [-0.05, 0) is 43.3 Å². The minimum absolute atomic E-state index is 0.0361. The number of hydrogen-bond donors (Lipinski definition) is 1. The van der Waals surface area contributed by atoms with Crippen LogP contribution in [0.1, 0.15) is 30.2 Å². The first-order valence-corrected chi connectivity index (χ1v) is 7.15. The van der Waals surface area contributed by atoms with Gasteiger partial charge >= 0.3 is 0 Å². The van der Waals surface area contributed by atoms with Gasteiger partial charge < -0.3 is 10.2 Å². The molecule has 1 aliphatic heterocycles. The molecule has 94 valence electrons. The number of amides is 1. The number of likely N-dealkylation sites (tertiary alicyclic amines) is 1. The van der Waals surface area contributed by atoms with Gasteiger partial charge in [-0.3, -0.25) is 4.79 Å². The smallest absolute Gasteiger partial charge is 0.240 e. The molecule has 1 atom stereocenters. The number of carbonyl (C=O) groups is 1. The molecule has 1 saturated heterocycles. The molecule has 1 unspecified atom stereocenters. The Morgan fingerprint density at radius 1 is 1.59 bits per heavy atom. The fourth-order valence-electron chi connectivity index (χ4n) is 2.27. The summed E-state index contributed by atoms with van der Waals surface area (Å²) in [5.74, 6) is 0.269. The fourth-order valence-corrected chi connectivity index (χ4v) is 3.19. The molecule has 0 aliphatic carbocycles. The maximum atomic E-state index is 12.2. The summed E-state index contributed by atoms with van der Waals surface area (Å²) < 4.78 is 0. The van der Waals surface area contributed by atoms with Gasteiger partial charge in [-0.15, -0.1) is 11.3 Å². The molecule has 1 aromatic rings. The Kier molecular flexibility index (Phi) is 4.18. The molecule has 0 aromatic carbocycles. The zero-order valence-corrected chi connectivity index (χ0v) is 11.3. The van der Waals surface area contributed by atoms with E-state index >= 15 is 0 Å². The topological polar surface area (TPSA) is 32.3 Å². The number of rotatable bonds is 4. The molecular weight excluding hydrogens is 232 g/mol. The number of likely N-dealkylation sites (N-methyl/N-ethyl adjacent to an activating group) is 1. The number of hydrogen-bond acceptors (Lipinski definition) is 3. The monoisotopic (exact) mass is 252 g/mol. The molecule has 3 nitrogen and oxygen atoms in total. The summed E-state index contributed by atoms with van der Waals surface area (Å²) in [6.45, 7) is 6.71. The summed E-state index contributed by atoms with van der Waals surface area (Å²) in [6.07, 6.45) is 2.08. The van der Waals surface area contributed by atoms with Crippen LogP contribution in [0.4, 0.5) is 0 Å². The van der Waals surface area contributed by atoms with E-state index in [1.165, 1.54) is 10.4 Å². The maximum absolute atomic E-state index is 12.2. The van der Waals surface area contributed by atoms with Crippen LogP contribution in [0.15, 0.2) is 11.4 Å². The highest BCUT2D eigenvalue weighted by Crippen LogP contribution is 2.21. The van der Waals surface area contributed by atoms with E-state index in [2.05, 4.69) is 30.6 Å². The van der Waals surface area contributed by atoms with E-state index in [1.54, 1.807) is 11.3 Å². The molecule has 1 fully saturated rings. The first-order chi connectivity index (χ1) is 8.22. The highest BCUT2D eigenvalue weighted by Gasteiger charge is 2.28. The van der Waals surface area contributed by atoms with E-state index in [9.17, 15) is 4.79 Å². The van der Waals surface area contributed by atoms with Crippen LogP contribution in [0.5, 0.6) is 0 Å². The van der Waals surface area contributed by atoms with E-state index in [-0.39, 0.29) is 11.9 Å². The summed E-state index contributed by atoms with van der Waals surface area (Å²) in [6, 6.07) is 2.16. The number of nitrogens with one attached hydrogen (secondary N) is 1. The minimum Gasteiger partial charge on any atom is -0.336 e. The lowest BCUT2D eigenvalue weighted by molar-refractivity contribution is -0.136. The Bertz CT molecular complexity index is 387. The van der Waals surface area contributed by atoms with Crippen molar-refractivity contribution in [1.82, 2.24) is 10.2 Å². The molecule has 17 heavy (non-hydrogen) atoms. The molecule has 2 rings (SSSR count). The summed E-state index contributed by atoms with van der Waals surface area (Å²) in [5.41, 5.74) is 1.30. The van der Waals surface area contributed by atoms with Crippen molar-refractivity contribution < 1.29 is 4.79 Å². The van der Waals surface area contributed by atoms with E-state index in [1.807, 2.05) is 4.90 Å². The summed E-state index contributed by atoms with van der Waals surface area (Å²) in [5, 5.41) is 5.37. The SMILES string of the molecule is CCNC1CCCN(Cc2sccc2C)C1=O. The molecular formula is C13H20N2OS. The third kappa shape index (κ3) is 2.87. The second kappa shape index (κ2) is 5.65. The Morgan fingerprint density at radius 3 is 3.06 bits per heavy atom. The third-order valence-electron chi connectivity index (χ3n) is 3.28. The van der Waals surface area contributed by atoms with Crippen molar-refractivity contribution in [2.24, 2.45) is 0 Å². The summed E-state index contributed by atoms with van der Waals surface area (Å²) >= 11 is 1.75. The lowest BCUT2D eigenvalue weighted by atomic mass is 10.0. The van der Waals surface area contributed by atoms with Crippen LogP contribution in [0.3, 0.4) is 0 Å². The van der Waals surface area contributed by atoms with Crippen LogP contribution in [-0.2, 0) is 11.3 Å². The van der Waals surface area contributed by atoms with Gasteiger partial charge in [-0.1, -0.05) is 6.92 Å². The maximum Gasteiger partial charge on any atom is 0.240 e. The Hall–Kier alpha value is -0.870. The molecule has 1 aromatic heterocycles. The Labute approximate surface area is 107 Å². The van der Waals surface area contributed by atoms with Crippen molar-refractivity contribution in [3.8, 4) is 0 Å². The van der Waals surface area contributed by atoms with Crippen molar-refractivity contribution in [2.75, 3.05) is 13.1 Å². The Balaban J connectivity index is 2.01. The fraction of sp³-hybridized carbons (Fsp3) is 0.615.